The lowest BCUT2D eigenvalue weighted by Crippen LogP contribution is -2.55. The number of hydrogen-bond acceptors (Lipinski definition) is 2. The average molecular weight is 295 g/mol. The molecule has 1 amide bonds. The van der Waals surface area contributed by atoms with Gasteiger partial charge in [-0.05, 0) is 43.4 Å². The third-order valence-corrected chi connectivity index (χ3v) is 4.45. The number of halogens is 1. The van der Waals surface area contributed by atoms with Crippen molar-refractivity contribution in [3.05, 3.63) is 34.9 Å². The lowest BCUT2D eigenvalue weighted by Gasteiger charge is -2.33. The van der Waals surface area contributed by atoms with E-state index in [2.05, 4.69) is 0 Å². The number of carbonyl (C=O) groups excluding carboxylic acids is 1. The third-order valence-electron chi connectivity index (χ3n) is 4.20. The van der Waals surface area contributed by atoms with E-state index in [9.17, 15) is 4.79 Å². The summed E-state index contributed by atoms with van der Waals surface area (Å²) in [4.78, 5) is 14.7. The smallest absolute Gasteiger partial charge is 0.243 e. The van der Waals surface area contributed by atoms with Crippen LogP contribution in [0.2, 0.25) is 5.02 Å². The minimum atomic E-state index is -0.727. The van der Waals surface area contributed by atoms with Gasteiger partial charge in [0.15, 0.2) is 0 Å². The SMILES string of the molecule is CCC(N)(CC)C(=O)N(Cc1ccc(Cl)cc1)C1CC1. The zero-order valence-electron chi connectivity index (χ0n) is 12.2. The van der Waals surface area contributed by atoms with Crippen LogP contribution in [0.15, 0.2) is 24.3 Å². The van der Waals surface area contributed by atoms with Crippen LogP contribution in [0.4, 0.5) is 0 Å². The number of benzene rings is 1. The van der Waals surface area contributed by atoms with E-state index in [-0.39, 0.29) is 5.91 Å². The highest BCUT2D eigenvalue weighted by Crippen LogP contribution is 2.31. The first-order valence-corrected chi connectivity index (χ1v) is 7.72. The van der Waals surface area contributed by atoms with Crippen molar-refractivity contribution in [1.29, 1.82) is 0 Å². The first kappa shape index (κ1) is 15.3. The first-order valence-electron chi connectivity index (χ1n) is 7.34. The summed E-state index contributed by atoms with van der Waals surface area (Å²) in [5.41, 5.74) is 6.65. The number of nitrogens with zero attached hydrogens (tertiary/aromatic N) is 1. The van der Waals surface area contributed by atoms with Crippen molar-refractivity contribution in [2.24, 2.45) is 5.73 Å². The van der Waals surface area contributed by atoms with Gasteiger partial charge in [0.2, 0.25) is 5.91 Å². The van der Waals surface area contributed by atoms with Gasteiger partial charge in [-0.15, -0.1) is 0 Å². The molecule has 0 saturated heterocycles. The molecule has 0 radical (unpaired) electrons. The van der Waals surface area contributed by atoms with Crippen molar-refractivity contribution in [3.8, 4) is 0 Å². The maximum Gasteiger partial charge on any atom is 0.243 e. The van der Waals surface area contributed by atoms with Gasteiger partial charge in [0.1, 0.15) is 0 Å². The Morgan fingerprint density at radius 2 is 1.85 bits per heavy atom. The molecular weight excluding hydrogens is 272 g/mol. The van der Waals surface area contributed by atoms with Crippen molar-refractivity contribution < 1.29 is 4.79 Å². The minimum absolute atomic E-state index is 0.0833. The van der Waals surface area contributed by atoms with Gasteiger partial charge in [-0.1, -0.05) is 37.6 Å². The highest BCUT2D eigenvalue weighted by Gasteiger charge is 2.40. The van der Waals surface area contributed by atoms with Gasteiger partial charge in [0, 0.05) is 17.6 Å². The fourth-order valence-corrected chi connectivity index (χ4v) is 2.50. The third kappa shape index (κ3) is 3.33. The summed E-state index contributed by atoms with van der Waals surface area (Å²) < 4.78 is 0. The van der Waals surface area contributed by atoms with Crippen LogP contribution >= 0.6 is 11.6 Å². The largest absolute Gasteiger partial charge is 0.334 e. The van der Waals surface area contributed by atoms with Crippen molar-refractivity contribution >= 4 is 17.5 Å². The molecule has 3 nitrogen and oxygen atoms in total. The number of carbonyl (C=O) groups is 1. The summed E-state index contributed by atoms with van der Waals surface area (Å²) in [5, 5.41) is 0.716. The van der Waals surface area contributed by atoms with Crippen LogP contribution in [0.1, 0.15) is 45.1 Å². The number of nitrogens with two attached hydrogens (primary N) is 1. The van der Waals surface area contributed by atoms with E-state index in [1.165, 1.54) is 0 Å². The lowest BCUT2D eigenvalue weighted by molar-refractivity contribution is -0.138. The minimum Gasteiger partial charge on any atom is -0.334 e. The molecule has 0 atom stereocenters. The van der Waals surface area contributed by atoms with Crippen LogP contribution in [0, 0.1) is 0 Å². The van der Waals surface area contributed by atoms with Gasteiger partial charge in [0.05, 0.1) is 5.54 Å². The van der Waals surface area contributed by atoms with Crippen LogP contribution in [0.5, 0.6) is 0 Å². The van der Waals surface area contributed by atoms with Crippen LogP contribution in [0.3, 0.4) is 0 Å². The molecule has 0 aromatic heterocycles. The Hall–Kier alpha value is -1.06. The summed E-state index contributed by atoms with van der Waals surface area (Å²) in [6, 6.07) is 8.03. The van der Waals surface area contributed by atoms with Crippen LogP contribution in [-0.2, 0) is 11.3 Å². The molecule has 110 valence electrons. The fourth-order valence-electron chi connectivity index (χ4n) is 2.38. The summed E-state index contributed by atoms with van der Waals surface area (Å²) in [6.07, 6.45) is 3.52. The average Bonchev–Trinajstić information content (AvgIpc) is 3.29. The summed E-state index contributed by atoms with van der Waals surface area (Å²) in [6.45, 7) is 4.59. The number of amides is 1. The van der Waals surface area contributed by atoms with Gasteiger partial charge in [-0.2, -0.15) is 0 Å². The van der Waals surface area contributed by atoms with Crippen LogP contribution in [-0.4, -0.2) is 22.4 Å². The predicted octanol–water partition coefficient (Wildman–Crippen LogP) is 3.35. The zero-order chi connectivity index (χ0) is 14.8. The maximum absolute atomic E-state index is 12.8. The molecule has 0 aliphatic heterocycles. The summed E-state index contributed by atoms with van der Waals surface area (Å²) in [7, 11) is 0. The standard InChI is InChI=1S/C16H23ClN2O/c1-3-16(18,4-2)15(20)19(14-9-10-14)11-12-5-7-13(17)8-6-12/h5-8,14H,3-4,9-11,18H2,1-2H3. The summed E-state index contributed by atoms with van der Waals surface area (Å²) >= 11 is 5.90. The molecule has 1 saturated carbocycles. The molecule has 0 unspecified atom stereocenters. The van der Waals surface area contributed by atoms with Crippen molar-refractivity contribution in [2.75, 3.05) is 0 Å². The van der Waals surface area contributed by atoms with E-state index in [0.717, 1.165) is 18.4 Å². The number of rotatable bonds is 6. The molecule has 4 heteroatoms. The molecule has 1 aromatic rings. The van der Waals surface area contributed by atoms with Gasteiger partial charge < -0.3 is 10.6 Å². The molecule has 1 fully saturated rings. The molecule has 1 aliphatic rings. The maximum atomic E-state index is 12.8. The zero-order valence-corrected chi connectivity index (χ0v) is 13.0. The second-order valence-corrected chi connectivity index (χ2v) is 6.09. The fraction of sp³-hybridized carbons (Fsp3) is 0.562. The monoisotopic (exact) mass is 294 g/mol. The van der Waals surface area contributed by atoms with E-state index in [1.807, 2.05) is 43.0 Å². The van der Waals surface area contributed by atoms with E-state index in [1.54, 1.807) is 0 Å². The number of hydrogen-bond donors (Lipinski definition) is 1. The van der Waals surface area contributed by atoms with Crippen molar-refractivity contribution in [2.45, 2.75) is 57.7 Å². The van der Waals surface area contributed by atoms with Crippen LogP contribution in [0.25, 0.3) is 0 Å². The molecule has 0 heterocycles. The second kappa shape index (κ2) is 6.15. The molecule has 0 bridgehead atoms. The van der Waals surface area contributed by atoms with Crippen molar-refractivity contribution in [3.63, 3.8) is 0 Å². The lowest BCUT2D eigenvalue weighted by atomic mass is 9.92. The Morgan fingerprint density at radius 1 is 1.30 bits per heavy atom. The van der Waals surface area contributed by atoms with E-state index >= 15 is 0 Å². The molecule has 2 N–H and O–H groups in total. The molecule has 1 aromatic carbocycles. The Morgan fingerprint density at radius 3 is 2.30 bits per heavy atom. The highest BCUT2D eigenvalue weighted by atomic mass is 35.5. The van der Waals surface area contributed by atoms with Crippen LogP contribution < -0.4 is 5.73 Å². The molecule has 0 spiro atoms. The Kier molecular flexibility index (Phi) is 4.71. The molecular formula is C16H23ClN2O. The predicted molar refractivity (Wildman–Crippen MR) is 82.5 cm³/mol. The normalized spacial score (nSPS) is 15.2. The van der Waals surface area contributed by atoms with E-state index in [0.29, 0.717) is 30.5 Å². The summed E-state index contributed by atoms with van der Waals surface area (Å²) in [5.74, 6) is 0.0833. The van der Waals surface area contributed by atoms with Gasteiger partial charge in [-0.3, -0.25) is 4.79 Å². The quantitative estimate of drug-likeness (QED) is 0.874. The first-order chi connectivity index (χ1) is 9.50. The van der Waals surface area contributed by atoms with E-state index in [4.69, 9.17) is 17.3 Å². The van der Waals surface area contributed by atoms with Gasteiger partial charge in [-0.25, -0.2) is 0 Å². The van der Waals surface area contributed by atoms with E-state index < -0.39 is 5.54 Å². The van der Waals surface area contributed by atoms with Crippen molar-refractivity contribution in [1.82, 2.24) is 4.90 Å². The van der Waals surface area contributed by atoms with Gasteiger partial charge in [0.25, 0.3) is 0 Å². The molecule has 2 rings (SSSR count). The Balaban J connectivity index is 2.15. The Bertz CT molecular complexity index is 464. The second-order valence-electron chi connectivity index (χ2n) is 5.65. The Labute approximate surface area is 126 Å². The topological polar surface area (TPSA) is 46.3 Å². The highest BCUT2D eigenvalue weighted by molar-refractivity contribution is 6.30. The molecule has 1 aliphatic carbocycles. The molecule has 20 heavy (non-hydrogen) atoms. The van der Waals surface area contributed by atoms with Gasteiger partial charge >= 0.3 is 0 Å².